The number of nitrogens with zero attached hydrogens (tertiary/aromatic N) is 3. The SMILES string of the molecule is Cc1ccccc1-n1c(SCc2ccc(C(=O)NCc3cccc(C(F)(F)F)c3)cc2)nnc1C(C)C. The number of carbonyl (C=O) groups excluding carboxylic acids is 1. The fourth-order valence-electron chi connectivity index (χ4n) is 3.83. The molecular weight excluding hydrogens is 497 g/mol. The first-order chi connectivity index (χ1) is 17.6. The summed E-state index contributed by atoms with van der Waals surface area (Å²) in [5.74, 6) is 1.38. The van der Waals surface area contributed by atoms with Crippen LogP contribution in [0.5, 0.6) is 0 Å². The molecule has 4 rings (SSSR count). The molecule has 1 aromatic heterocycles. The van der Waals surface area contributed by atoms with Crippen LogP contribution in [0.3, 0.4) is 0 Å². The van der Waals surface area contributed by atoms with Crippen molar-refractivity contribution in [1.82, 2.24) is 20.1 Å². The Morgan fingerprint density at radius 3 is 2.38 bits per heavy atom. The van der Waals surface area contributed by atoms with Crippen LogP contribution in [0.4, 0.5) is 13.2 Å². The predicted octanol–water partition coefficient (Wildman–Crippen LogP) is 6.94. The average Bonchev–Trinajstić information content (AvgIpc) is 3.30. The molecule has 4 aromatic rings. The van der Waals surface area contributed by atoms with Crippen molar-refractivity contribution in [3.63, 3.8) is 0 Å². The lowest BCUT2D eigenvalue weighted by Gasteiger charge is -2.14. The number of hydrogen-bond donors (Lipinski definition) is 1. The predicted molar refractivity (Wildman–Crippen MR) is 139 cm³/mol. The molecule has 0 aliphatic rings. The molecule has 0 aliphatic heterocycles. The van der Waals surface area contributed by atoms with E-state index >= 15 is 0 Å². The highest BCUT2D eigenvalue weighted by Gasteiger charge is 2.30. The summed E-state index contributed by atoms with van der Waals surface area (Å²) in [6.07, 6.45) is -4.42. The Balaban J connectivity index is 1.41. The normalized spacial score (nSPS) is 11.6. The van der Waals surface area contributed by atoms with E-state index in [2.05, 4.69) is 53.0 Å². The maximum Gasteiger partial charge on any atom is 0.416 e. The van der Waals surface area contributed by atoms with Crippen molar-refractivity contribution in [2.75, 3.05) is 0 Å². The smallest absolute Gasteiger partial charge is 0.348 e. The van der Waals surface area contributed by atoms with Crippen molar-refractivity contribution >= 4 is 17.7 Å². The molecule has 0 saturated carbocycles. The van der Waals surface area contributed by atoms with Gasteiger partial charge < -0.3 is 5.32 Å². The number of rotatable bonds is 8. The third kappa shape index (κ3) is 6.40. The van der Waals surface area contributed by atoms with Gasteiger partial charge in [-0.3, -0.25) is 9.36 Å². The highest BCUT2D eigenvalue weighted by Crippen LogP contribution is 2.30. The number of halogens is 3. The highest BCUT2D eigenvalue weighted by molar-refractivity contribution is 7.98. The Morgan fingerprint density at radius 1 is 0.973 bits per heavy atom. The summed E-state index contributed by atoms with van der Waals surface area (Å²) >= 11 is 1.56. The molecule has 0 bridgehead atoms. The zero-order valence-electron chi connectivity index (χ0n) is 20.7. The molecule has 5 nitrogen and oxygen atoms in total. The lowest BCUT2D eigenvalue weighted by molar-refractivity contribution is -0.137. The van der Waals surface area contributed by atoms with Gasteiger partial charge in [-0.05, 0) is 53.9 Å². The van der Waals surface area contributed by atoms with E-state index in [1.54, 1.807) is 30.0 Å². The Kier molecular flexibility index (Phi) is 8.02. The third-order valence-corrected chi connectivity index (χ3v) is 6.82. The third-order valence-electron chi connectivity index (χ3n) is 5.82. The summed E-state index contributed by atoms with van der Waals surface area (Å²) in [5, 5.41) is 12.3. The molecule has 9 heteroatoms. The van der Waals surface area contributed by atoms with E-state index in [-0.39, 0.29) is 18.4 Å². The van der Waals surface area contributed by atoms with Crippen LogP contribution in [0, 0.1) is 6.92 Å². The van der Waals surface area contributed by atoms with E-state index in [0.717, 1.165) is 39.9 Å². The number of para-hydroxylation sites is 1. The van der Waals surface area contributed by atoms with Crippen molar-refractivity contribution in [2.24, 2.45) is 0 Å². The van der Waals surface area contributed by atoms with Gasteiger partial charge in [-0.1, -0.05) is 68.1 Å². The van der Waals surface area contributed by atoms with Crippen LogP contribution >= 0.6 is 11.8 Å². The first-order valence-electron chi connectivity index (χ1n) is 11.8. The lowest BCUT2D eigenvalue weighted by Crippen LogP contribution is -2.23. The minimum Gasteiger partial charge on any atom is -0.348 e. The van der Waals surface area contributed by atoms with Gasteiger partial charge in [0.25, 0.3) is 5.91 Å². The van der Waals surface area contributed by atoms with Gasteiger partial charge in [0, 0.05) is 23.8 Å². The lowest BCUT2D eigenvalue weighted by atomic mass is 10.1. The van der Waals surface area contributed by atoms with Gasteiger partial charge in [0.05, 0.1) is 11.3 Å². The number of alkyl halides is 3. The van der Waals surface area contributed by atoms with Crippen molar-refractivity contribution in [3.8, 4) is 5.69 Å². The van der Waals surface area contributed by atoms with E-state index in [1.165, 1.54) is 6.07 Å². The van der Waals surface area contributed by atoms with Gasteiger partial charge in [0.2, 0.25) is 0 Å². The molecule has 0 aliphatic carbocycles. The molecule has 3 aromatic carbocycles. The summed E-state index contributed by atoms with van der Waals surface area (Å²) in [5.41, 5.74) is 3.27. The number of hydrogen-bond acceptors (Lipinski definition) is 4. The Bertz CT molecular complexity index is 1380. The molecule has 0 radical (unpaired) electrons. The number of nitrogens with one attached hydrogen (secondary N) is 1. The van der Waals surface area contributed by atoms with Crippen LogP contribution in [0.15, 0.2) is 78.0 Å². The van der Waals surface area contributed by atoms with Gasteiger partial charge in [-0.25, -0.2) is 0 Å². The zero-order valence-corrected chi connectivity index (χ0v) is 21.5. The number of thioether (sulfide) groups is 1. The fraction of sp³-hybridized carbons (Fsp3) is 0.250. The molecule has 1 N–H and O–H groups in total. The van der Waals surface area contributed by atoms with E-state index in [4.69, 9.17) is 0 Å². The van der Waals surface area contributed by atoms with Crippen molar-refractivity contribution in [2.45, 2.75) is 50.3 Å². The number of carbonyl (C=O) groups is 1. The maximum atomic E-state index is 12.9. The van der Waals surface area contributed by atoms with E-state index in [1.807, 2.05) is 24.3 Å². The largest absolute Gasteiger partial charge is 0.416 e. The first kappa shape index (κ1) is 26.5. The molecule has 0 atom stereocenters. The molecule has 0 fully saturated rings. The van der Waals surface area contributed by atoms with Crippen LogP contribution in [0.2, 0.25) is 0 Å². The molecule has 1 heterocycles. The van der Waals surface area contributed by atoms with E-state index < -0.39 is 11.7 Å². The minimum absolute atomic E-state index is 0.00705. The van der Waals surface area contributed by atoms with Gasteiger partial charge in [0.1, 0.15) is 5.82 Å². The van der Waals surface area contributed by atoms with Crippen LogP contribution in [-0.4, -0.2) is 20.7 Å². The minimum atomic E-state index is -4.42. The number of aromatic nitrogens is 3. The van der Waals surface area contributed by atoms with Gasteiger partial charge in [-0.15, -0.1) is 10.2 Å². The summed E-state index contributed by atoms with van der Waals surface area (Å²) in [6, 6.07) is 20.2. The highest BCUT2D eigenvalue weighted by atomic mass is 32.2. The van der Waals surface area contributed by atoms with Crippen LogP contribution in [0.1, 0.15) is 58.2 Å². The molecule has 1 amide bonds. The van der Waals surface area contributed by atoms with Gasteiger partial charge in [-0.2, -0.15) is 13.2 Å². The van der Waals surface area contributed by atoms with Crippen LogP contribution in [0.25, 0.3) is 5.69 Å². The van der Waals surface area contributed by atoms with E-state index in [0.29, 0.717) is 16.9 Å². The van der Waals surface area contributed by atoms with Crippen LogP contribution < -0.4 is 5.32 Å². The van der Waals surface area contributed by atoms with Crippen molar-refractivity contribution in [3.05, 3.63) is 106 Å². The second kappa shape index (κ2) is 11.2. The molecule has 0 saturated heterocycles. The Labute approximate surface area is 218 Å². The molecular formula is C28H27F3N4OS. The van der Waals surface area contributed by atoms with E-state index in [9.17, 15) is 18.0 Å². The molecule has 37 heavy (non-hydrogen) atoms. The number of benzene rings is 3. The first-order valence-corrected chi connectivity index (χ1v) is 12.8. The second-order valence-corrected chi connectivity index (χ2v) is 9.93. The Hall–Kier alpha value is -3.59. The van der Waals surface area contributed by atoms with Crippen molar-refractivity contribution in [1.29, 1.82) is 0 Å². The van der Waals surface area contributed by atoms with Crippen molar-refractivity contribution < 1.29 is 18.0 Å². The van der Waals surface area contributed by atoms with Crippen LogP contribution in [-0.2, 0) is 18.5 Å². The second-order valence-electron chi connectivity index (χ2n) is 8.98. The summed E-state index contributed by atoms with van der Waals surface area (Å²) in [7, 11) is 0. The number of aryl methyl sites for hydroxylation is 1. The monoisotopic (exact) mass is 524 g/mol. The van der Waals surface area contributed by atoms with Gasteiger partial charge >= 0.3 is 6.18 Å². The maximum absolute atomic E-state index is 12.9. The summed E-state index contributed by atoms with van der Waals surface area (Å²) in [4.78, 5) is 12.5. The average molecular weight is 525 g/mol. The molecule has 0 spiro atoms. The molecule has 0 unspecified atom stereocenters. The Morgan fingerprint density at radius 2 is 1.70 bits per heavy atom. The zero-order chi connectivity index (χ0) is 26.6. The van der Waals surface area contributed by atoms with Gasteiger partial charge in [0.15, 0.2) is 5.16 Å². The number of amides is 1. The summed E-state index contributed by atoms with van der Waals surface area (Å²) < 4.78 is 40.8. The summed E-state index contributed by atoms with van der Waals surface area (Å²) in [6.45, 7) is 6.24. The molecule has 192 valence electrons. The fourth-order valence-corrected chi connectivity index (χ4v) is 4.74. The standard InChI is InChI=1S/C28H27F3N4OS/c1-18(2)25-33-34-27(35(25)24-10-5-4-7-19(24)3)37-17-20-11-13-22(14-12-20)26(36)32-16-21-8-6-9-23(15-21)28(29,30)31/h4-15,18H,16-17H2,1-3H3,(H,32,36). The topological polar surface area (TPSA) is 59.8 Å². The quantitative estimate of drug-likeness (QED) is 0.254.